The number of nitrogens with one attached hydrogen (secondary N) is 1. The zero-order chi connectivity index (χ0) is 13.2. The predicted octanol–water partition coefficient (Wildman–Crippen LogP) is 1.49. The summed E-state index contributed by atoms with van der Waals surface area (Å²) < 4.78 is 28.1. The van der Waals surface area contributed by atoms with Gasteiger partial charge in [-0.2, -0.15) is 12.7 Å². The monoisotopic (exact) mass is 270 g/mol. The van der Waals surface area contributed by atoms with Crippen molar-refractivity contribution in [3.63, 3.8) is 0 Å². The van der Waals surface area contributed by atoms with Crippen LogP contribution in [0.5, 0.6) is 0 Å². The van der Waals surface area contributed by atoms with E-state index in [2.05, 4.69) is 4.72 Å². The van der Waals surface area contributed by atoms with Crippen molar-refractivity contribution in [3.05, 3.63) is 29.8 Å². The SMILES string of the molecule is CC(O)c1cccc(NS(=O)(=O)N2CCCC2)c1. The molecule has 0 saturated carbocycles. The lowest BCUT2D eigenvalue weighted by Gasteiger charge is -2.17. The molecule has 100 valence electrons. The molecule has 1 saturated heterocycles. The maximum atomic E-state index is 12.0. The molecule has 1 fully saturated rings. The minimum absolute atomic E-state index is 0.486. The first-order valence-electron chi connectivity index (χ1n) is 6.05. The van der Waals surface area contributed by atoms with Gasteiger partial charge in [-0.3, -0.25) is 4.72 Å². The lowest BCUT2D eigenvalue weighted by atomic mass is 10.1. The second kappa shape index (κ2) is 5.26. The fourth-order valence-electron chi connectivity index (χ4n) is 2.00. The van der Waals surface area contributed by atoms with Crippen LogP contribution >= 0.6 is 0 Å². The first-order valence-corrected chi connectivity index (χ1v) is 7.49. The number of benzene rings is 1. The minimum atomic E-state index is -3.45. The average Bonchev–Trinajstić information content (AvgIpc) is 2.82. The van der Waals surface area contributed by atoms with Gasteiger partial charge in [-0.25, -0.2) is 0 Å². The van der Waals surface area contributed by atoms with Gasteiger partial charge in [0, 0.05) is 13.1 Å². The van der Waals surface area contributed by atoms with Crippen molar-refractivity contribution in [2.45, 2.75) is 25.9 Å². The third-order valence-electron chi connectivity index (χ3n) is 3.02. The van der Waals surface area contributed by atoms with Crippen molar-refractivity contribution in [1.29, 1.82) is 0 Å². The number of anilines is 1. The number of aliphatic hydroxyl groups excluding tert-OH is 1. The minimum Gasteiger partial charge on any atom is -0.389 e. The largest absolute Gasteiger partial charge is 0.389 e. The summed E-state index contributed by atoms with van der Waals surface area (Å²) in [4.78, 5) is 0. The van der Waals surface area contributed by atoms with E-state index < -0.39 is 16.3 Å². The molecule has 1 aromatic carbocycles. The molecular weight excluding hydrogens is 252 g/mol. The molecule has 0 bridgehead atoms. The fourth-order valence-corrected chi connectivity index (χ4v) is 3.30. The molecule has 0 radical (unpaired) electrons. The molecule has 2 N–H and O–H groups in total. The van der Waals surface area contributed by atoms with E-state index in [1.165, 1.54) is 4.31 Å². The molecule has 0 aromatic heterocycles. The van der Waals surface area contributed by atoms with Crippen molar-refractivity contribution in [1.82, 2.24) is 4.31 Å². The van der Waals surface area contributed by atoms with Gasteiger partial charge >= 0.3 is 10.2 Å². The van der Waals surface area contributed by atoms with E-state index in [1.54, 1.807) is 31.2 Å². The van der Waals surface area contributed by atoms with Crippen LogP contribution in [0.4, 0.5) is 5.69 Å². The molecule has 1 aromatic rings. The number of hydrogen-bond acceptors (Lipinski definition) is 3. The van der Waals surface area contributed by atoms with Crippen molar-refractivity contribution >= 4 is 15.9 Å². The second-order valence-corrected chi connectivity index (χ2v) is 6.19. The van der Waals surface area contributed by atoms with E-state index in [1.807, 2.05) is 0 Å². The van der Waals surface area contributed by atoms with Gasteiger partial charge in [0.2, 0.25) is 0 Å². The van der Waals surface area contributed by atoms with Crippen molar-refractivity contribution in [2.75, 3.05) is 17.8 Å². The van der Waals surface area contributed by atoms with Crippen LogP contribution in [0.2, 0.25) is 0 Å². The van der Waals surface area contributed by atoms with Crippen molar-refractivity contribution in [3.8, 4) is 0 Å². The summed E-state index contributed by atoms with van der Waals surface area (Å²) in [5.74, 6) is 0. The van der Waals surface area contributed by atoms with Gasteiger partial charge in [0.05, 0.1) is 11.8 Å². The normalized spacial score (nSPS) is 18.8. The molecule has 6 heteroatoms. The number of hydrogen-bond donors (Lipinski definition) is 2. The lowest BCUT2D eigenvalue weighted by Crippen LogP contribution is -2.33. The topological polar surface area (TPSA) is 69.6 Å². The Labute approximate surface area is 108 Å². The standard InChI is InChI=1S/C12H18N2O3S/c1-10(15)11-5-4-6-12(9-11)13-18(16,17)14-7-2-3-8-14/h4-6,9-10,13,15H,2-3,7-8H2,1H3. The maximum Gasteiger partial charge on any atom is 0.301 e. The highest BCUT2D eigenvalue weighted by molar-refractivity contribution is 7.90. The predicted molar refractivity (Wildman–Crippen MR) is 70.4 cm³/mol. The molecule has 5 nitrogen and oxygen atoms in total. The second-order valence-electron chi connectivity index (χ2n) is 4.51. The first-order chi connectivity index (χ1) is 8.49. The van der Waals surface area contributed by atoms with Crippen LogP contribution in [0, 0.1) is 0 Å². The molecule has 0 aliphatic carbocycles. The molecule has 18 heavy (non-hydrogen) atoms. The molecule has 1 atom stereocenters. The van der Waals surface area contributed by atoms with E-state index in [-0.39, 0.29) is 0 Å². The summed E-state index contributed by atoms with van der Waals surface area (Å²) in [7, 11) is -3.45. The average molecular weight is 270 g/mol. The lowest BCUT2D eigenvalue weighted by molar-refractivity contribution is 0.199. The zero-order valence-corrected chi connectivity index (χ0v) is 11.2. The van der Waals surface area contributed by atoms with Crippen molar-refractivity contribution < 1.29 is 13.5 Å². The Kier molecular flexibility index (Phi) is 3.89. The molecule has 1 unspecified atom stereocenters. The van der Waals surface area contributed by atoms with Gasteiger partial charge in [0.25, 0.3) is 0 Å². The van der Waals surface area contributed by atoms with E-state index in [0.717, 1.165) is 12.8 Å². The van der Waals surface area contributed by atoms with Crippen LogP contribution in [0.3, 0.4) is 0 Å². The summed E-state index contributed by atoms with van der Waals surface area (Å²) in [6, 6.07) is 6.82. The van der Waals surface area contributed by atoms with Crippen LogP contribution in [0.1, 0.15) is 31.4 Å². The Bertz CT molecular complexity index is 508. The van der Waals surface area contributed by atoms with Gasteiger partial charge in [-0.05, 0) is 37.5 Å². The molecule has 2 rings (SSSR count). The molecule has 1 heterocycles. The Morgan fingerprint density at radius 3 is 2.61 bits per heavy atom. The third-order valence-corrected chi connectivity index (χ3v) is 4.56. The Hall–Kier alpha value is -1.11. The summed E-state index contributed by atoms with van der Waals surface area (Å²) in [6.07, 6.45) is 1.21. The highest BCUT2D eigenvalue weighted by Crippen LogP contribution is 2.20. The Morgan fingerprint density at radius 2 is 2.00 bits per heavy atom. The summed E-state index contributed by atoms with van der Waals surface area (Å²) in [5.41, 5.74) is 1.18. The van der Waals surface area contributed by atoms with Crippen LogP contribution in [-0.2, 0) is 10.2 Å². The first kappa shape index (κ1) is 13.3. The van der Waals surface area contributed by atoms with Gasteiger partial charge < -0.3 is 5.11 Å². The van der Waals surface area contributed by atoms with Gasteiger partial charge in [-0.15, -0.1) is 0 Å². The van der Waals surface area contributed by atoms with Crippen LogP contribution in [0.25, 0.3) is 0 Å². The smallest absolute Gasteiger partial charge is 0.301 e. The van der Waals surface area contributed by atoms with E-state index in [4.69, 9.17) is 0 Å². The molecular formula is C12H18N2O3S. The number of nitrogens with zero attached hydrogens (tertiary/aromatic N) is 1. The van der Waals surface area contributed by atoms with E-state index >= 15 is 0 Å². The highest BCUT2D eigenvalue weighted by Gasteiger charge is 2.25. The molecule has 1 aliphatic heterocycles. The van der Waals surface area contributed by atoms with Gasteiger partial charge in [-0.1, -0.05) is 12.1 Å². The summed E-state index contributed by atoms with van der Waals surface area (Å²) >= 11 is 0. The Balaban J connectivity index is 2.15. The van der Waals surface area contributed by atoms with Crippen molar-refractivity contribution in [2.24, 2.45) is 0 Å². The highest BCUT2D eigenvalue weighted by atomic mass is 32.2. The number of aliphatic hydroxyl groups is 1. The third kappa shape index (κ3) is 3.01. The van der Waals surface area contributed by atoms with Crippen LogP contribution < -0.4 is 4.72 Å². The van der Waals surface area contributed by atoms with E-state index in [0.29, 0.717) is 24.3 Å². The zero-order valence-electron chi connectivity index (χ0n) is 10.3. The summed E-state index contributed by atoms with van der Waals surface area (Å²) in [5, 5.41) is 9.47. The molecule has 1 aliphatic rings. The summed E-state index contributed by atoms with van der Waals surface area (Å²) in [6.45, 7) is 2.80. The van der Waals surface area contributed by atoms with Crippen LogP contribution in [-0.4, -0.2) is 30.9 Å². The van der Waals surface area contributed by atoms with Crippen LogP contribution in [0.15, 0.2) is 24.3 Å². The Morgan fingerprint density at radius 1 is 1.33 bits per heavy atom. The van der Waals surface area contributed by atoms with Gasteiger partial charge in [0.1, 0.15) is 0 Å². The molecule has 0 amide bonds. The van der Waals surface area contributed by atoms with E-state index in [9.17, 15) is 13.5 Å². The quantitative estimate of drug-likeness (QED) is 0.871. The number of rotatable bonds is 4. The molecule has 0 spiro atoms. The fraction of sp³-hybridized carbons (Fsp3) is 0.500. The maximum absolute atomic E-state index is 12.0. The van der Waals surface area contributed by atoms with Gasteiger partial charge in [0.15, 0.2) is 0 Å².